The standard InChI is InChI=1S/C22H33INO2P/c1-6-22(4,19-13-18(23)11-12-20(19)26-15-25-5)27-21-16(3)9-8-10-17(21)14-24-7-2/h9,11-13,24,27H,6-8,10,14-15H2,1-5H3. The fourth-order valence-electron chi connectivity index (χ4n) is 3.41. The molecule has 0 saturated heterocycles. The first-order chi connectivity index (χ1) is 12.9. The van der Waals surface area contributed by atoms with E-state index in [9.17, 15) is 0 Å². The maximum Gasteiger partial charge on any atom is 0.188 e. The van der Waals surface area contributed by atoms with Crippen molar-refractivity contribution in [3.63, 3.8) is 0 Å². The Kier molecular flexibility index (Phi) is 9.27. The number of ether oxygens (including phenoxy) is 2. The van der Waals surface area contributed by atoms with Crippen molar-refractivity contribution in [2.24, 2.45) is 0 Å². The summed E-state index contributed by atoms with van der Waals surface area (Å²) in [7, 11) is 2.39. The third-order valence-electron chi connectivity index (χ3n) is 5.21. The summed E-state index contributed by atoms with van der Waals surface area (Å²) in [5.74, 6) is 0.945. The van der Waals surface area contributed by atoms with Gasteiger partial charge in [-0.05, 0) is 90.0 Å². The summed E-state index contributed by atoms with van der Waals surface area (Å²) in [6, 6.07) is 6.48. The highest BCUT2D eigenvalue weighted by Crippen LogP contribution is 2.55. The van der Waals surface area contributed by atoms with Crippen LogP contribution in [-0.2, 0) is 9.89 Å². The third kappa shape index (κ3) is 6.03. The van der Waals surface area contributed by atoms with E-state index in [0.29, 0.717) is 0 Å². The number of methoxy groups -OCH3 is 1. The minimum absolute atomic E-state index is 0.0451. The zero-order valence-electron chi connectivity index (χ0n) is 17.2. The maximum absolute atomic E-state index is 5.93. The molecule has 0 aromatic heterocycles. The van der Waals surface area contributed by atoms with Crippen LogP contribution in [0, 0.1) is 3.57 Å². The average Bonchev–Trinajstić information content (AvgIpc) is 2.67. The van der Waals surface area contributed by atoms with Crippen LogP contribution in [0.2, 0.25) is 0 Å². The SMILES string of the molecule is CCNCC1=C(PC(C)(CC)c2cc(I)ccc2OCOC)C(C)=CCC1. The monoisotopic (exact) mass is 501 g/mol. The number of allylic oxidation sites excluding steroid dienone is 3. The van der Waals surface area contributed by atoms with Gasteiger partial charge in [0.15, 0.2) is 6.79 Å². The van der Waals surface area contributed by atoms with Gasteiger partial charge in [-0.1, -0.05) is 35.4 Å². The Morgan fingerprint density at radius 3 is 2.74 bits per heavy atom. The van der Waals surface area contributed by atoms with E-state index in [4.69, 9.17) is 9.47 Å². The molecule has 1 aromatic rings. The zero-order valence-corrected chi connectivity index (χ0v) is 20.4. The predicted octanol–water partition coefficient (Wildman–Crippen LogP) is 6.18. The van der Waals surface area contributed by atoms with Crippen LogP contribution in [-0.4, -0.2) is 27.0 Å². The Hall–Kier alpha value is -0.420. The van der Waals surface area contributed by atoms with E-state index in [1.54, 1.807) is 18.0 Å². The number of benzene rings is 1. The molecule has 0 bridgehead atoms. The lowest BCUT2D eigenvalue weighted by molar-refractivity contribution is 0.0500. The quantitative estimate of drug-likeness (QED) is 0.236. The molecule has 150 valence electrons. The first kappa shape index (κ1) is 22.9. The van der Waals surface area contributed by atoms with Crippen molar-refractivity contribution in [2.45, 2.75) is 52.1 Å². The normalized spacial score (nSPS) is 17.3. The molecule has 1 aromatic carbocycles. The molecule has 2 unspecified atom stereocenters. The Morgan fingerprint density at radius 2 is 2.07 bits per heavy atom. The summed E-state index contributed by atoms with van der Waals surface area (Å²) in [5, 5.41) is 5.14. The number of rotatable bonds is 10. The van der Waals surface area contributed by atoms with E-state index in [2.05, 4.69) is 79.9 Å². The fraction of sp³-hybridized carbons (Fsp3) is 0.545. The lowest BCUT2D eigenvalue weighted by atomic mass is 9.96. The highest BCUT2D eigenvalue weighted by atomic mass is 127. The zero-order chi connectivity index (χ0) is 19.9. The molecule has 2 rings (SSSR count). The largest absolute Gasteiger partial charge is 0.467 e. The van der Waals surface area contributed by atoms with Crippen molar-refractivity contribution < 1.29 is 9.47 Å². The minimum Gasteiger partial charge on any atom is -0.467 e. The van der Waals surface area contributed by atoms with Gasteiger partial charge in [0, 0.05) is 27.9 Å². The van der Waals surface area contributed by atoms with Crippen molar-refractivity contribution in [3.8, 4) is 5.75 Å². The molecule has 3 nitrogen and oxygen atoms in total. The Morgan fingerprint density at radius 1 is 1.30 bits per heavy atom. The van der Waals surface area contributed by atoms with Crippen molar-refractivity contribution >= 4 is 31.2 Å². The fourth-order valence-corrected chi connectivity index (χ4v) is 5.65. The minimum atomic E-state index is 0.0451. The molecule has 1 aliphatic rings. The van der Waals surface area contributed by atoms with Gasteiger partial charge in [0.05, 0.1) is 0 Å². The first-order valence-corrected chi connectivity index (χ1v) is 11.8. The van der Waals surface area contributed by atoms with Gasteiger partial charge in [0.25, 0.3) is 0 Å². The van der Waals surface area contributed by atoms with Crippen LogP contribution in [0.5, 0.6) is 5.75 Å². The second-order valence-corrected chi connectivity index (χ2v) is 10.3. The van der Waals surface area contributed by atoms with E-state index in [1.165, 1.54) is 21.1 Å². The van der Waals surface area contributed by atoms with E-state index in [-0.39, 0.29) is 11.9 Å². The van der Waals surface area contributed by atoms with Crippen LogP contribution < -0.4 is 10.1 Å². The van der Waals surface area contributed by atoms with Gasteiger partial charge in [-0.2, -0.15) is 0 Å². The molecule has 0 aliphatic heterocycles. The molecular weight excluding hydrogens is 468 g/mol. The number of halogens is 1. The number of nitrogens with one attached hydrogen (secondary N) is 1. The third-order valence-corrected chi connectivity index (χ3v) is 8.05. The summed E-state index contributed by atoms with van der Waals surface area (Å²) < 4.78 is 12.3. The highest BCUT2D eigenvalue weighted by molar-refractivity contribution is 14.1. The second-order valence-electron chi connectivity index (χ2n) is 7.19. The van der Waals surface area contributed by atoms with Gasteiger partial charge in [0.2, 0.25) is 0 Å². The van der Waals surface area contributed by atoms with Crippen molar-refractivity contribution in [2.75, 3.05) is 27.0 Å². The lowest BCUT2D eigenvalue weighted by Gasteiger charge is -2.34. The molecule has 0 amide bonds. The smallest absolute Gasteiger partial charge is 0.188 e. The lowest BCUT2D eigenvalue weighted by Crippen LogP contribution is -2.21. The van der Waals surface area contributed by atoms with Gasteiger partial charge >= 0.3 is 0 Å². The first-order valence-electron chi connectivity index (χ1n) is 9.75. The van der Waals surface area contributed by atoms with Gasteiger partial charge in [0.1, 0.15) is 5.75 Å². The Balaban J connectivity index is 2.42. The number of hydrogen-bond donors (Lipinski definition) is 1. The van der Waals surface area contributed by atoms with Crippen molar-refractivity contribution in [1.82, 2.24) is 5.32 Å². The van der Waals surface area contributed by atoms with Gasteiger partial charge in [-0.25, -0.2) is 0 Å². The topological polar surface area (TPSA) is 30.5 Å². The molecule has 0 spiro atoms. The molecule has 5 heteroatoms. The number of hydrogen-bond acceptors (Lipinski definition) is 3. The van der Waals surface area contributed by atoms with E-state index < -0.39 is 0 Å². The molecule has 0 radical (unpaired) electrons. The Bertz CT molecular complexity index is 702. The van der Waals surface area contributed by atoms with Crippen LogP contribution in [0.1, 0.15) is 52.5 Å². The molecule has 27 heavy (non-hydrogen) atoms. The Labute approximate surface area is 180 Å². The van der Waals surface area contributed by atoms with Crippen LogP contribution in [0.25, 0.3) is 0 Å². The predicted molar refractivity (Wildman–Crippen MR) is 126 cm³/mol. The van der Waals surface area contributed by atoms with Crippen molar-refractivity contribution in [1.29, 1.82) is 0 Å². The molecule has 2 atom stereocenters. The highest BCUT2D eigenvalue weighted by Gasteiger charge is 2.31. The van der Waals surface area contributed by atoms with E-state index in [1.807, 2.05) is 0 Å². The van der Waals surface area contributed by atoms with Gasteiger partial charge in [-0.15, -0.1) is 0 Å². The summed E-state index contributed by atoms with van der Waals surface area (Å²) in [6.45, 7) is 11.4. The molecule has 1 aliphatic carbocycles. The molecular formula is C22H33INO2P. The number of likely N-dealkylation sites (N-methyl/N-ethyl adjacent to an activating group) is 1. The summed E-state index contributed by atoms with van der Waals surface area (Å²) >= 11 is 2.40. The molecule has 1 N–H and O–H groups in total. The van der Waals surface area contributed by atoms with Crippen LogP contribution in [0.15, 0.2) is 40.7 Å². The molecule has 0 heterocycles. The molecule has 0 saturated carbocycles. The second kappa shape index (κ2) is 10.9. The summed E-state index contributed by atoms with van der Waals surface area (Å²) in [4.78, 5) is 0. The molecule has 0 fully saturated rings. The van der Waals surface area contributed by atoms with Gasteiger partial charge in [-0.3, -0.25) is 0 Å². The maximum atomic E-state index is 5.93. The van der Waals surface area contributed by atoms with E-state index >= 15 is 0 Å². The van der Waals surface area contributed by atoms with Crippen LogP contribution in [0.3, 0.4) is 0 Å². The summed E-state index contributed by atoms with van der Waals surface area (Å²) in [5.41, 5.74) is 4.33. The summed E-state index contributed by atoms with van der Waals surface area (Å²) in [6.07, 6.45) is 5.81. The van der Waals surface area contributed by atoms with Gasteiger partial charge < -0.3 is 14.8 Å². The average molecular weight is 501 g/mol. The van der Waals surface area contributed by atoms with Crippen LogP contribution in [0.4, 0.5) is 0 Å². The van der Waals surface area contributed by atoms with Crippen molar-refractivity contribution in [3.05, 3.63) is 49.9 Å². The van der Waals surface area contributed by atoms with Crippen LogP contribution >= 0.6 is 31.2 Å². The van der Waals surface area contributed by atoms with E-state index in [0.717, 1.165) is 40.3 Å².